The molecule has 4 aromatic rings. The highest BCUT2D eigenvalue weighted by Gasteiger charge is 2.03. The molecule has 0 fully saturated rings. The van der Waals surface area contributed by atoms with Crippen LogP contribution < -0.4 is 4.74 Å². The molecule has 0 bridgehead atoms. The summed E-state index contributed by atoms with van der Waals surface area (Å²) in [5.41, 5.74) is 3.25. The number of benzene rings is 4. The van der Waals surface area contributed by atoms with Crippen molar-refractivity contribution in [1.82, 2.24) is 0 Å². The van der Waals surface area contributed by atoms with Crippen LogP contribution in [0, 0.1) is 0 Å². The van der Waals surface area contributed by atoms with E-state index in [-0.39, 0.29) is 0 Å². The van der Waals surface area contributed by atoms with Gasteiger partial charge in [-0.15, -0.1) is 0 Å². The van der Waals surface area contributed by atoms with E-state index in [2.05, 4.69) is 9.98 Å². The van der Waals surface area contributed by atoms with Gasteiger partial charge >= 0.3 is 0 Å². The minimum atomic E-state index is 0.444. The summed E-state index contributed by atoms with van der Waals surface area (Å²) in [6.07, 6.45) is 0. The summed E-state index contributed by atoms with van der Waals surface area (Å²) in [7, 11) is 0. The van der Waals surface area contributed by atoms with Crippen molar-refractivity contribution in [2.75, 3.05) is 0 Å². The van der Waals surface area contributed by atoms with Gasteiger partial charge < -0.3 is 4.74 Å². The van der Waals surface area contributed by atoms with E-state index in [1.165, 1.54) is 0 Å². The zero-order valence-corrected chi connectivity index (χ0v) is 18.0. The molecular formula is C26H18Cl2N2O. The van der Waals surface area contributed by atoms with Gasteiger partial charge in [0.1, 0.15) is 21.8 Å². The van der Waals surface area contributed by atoms with Crippen molar-refractivity contribution >= 4 is 44.9 Å². The lowest BCUT2D eigenvalue weighted by molar-refractivity contribution is 0.483. The minimum absolute atomic E-state index is 0.444. The number of rotatable bonds is 6. The monoisotopic (exact) mass is 444 g/mol. The summed E-state index contributed by atoms with van der Waals surface area (Å²) in [4.78, 5) is 8.88. The molecule has 0 atom stereocenters. The number of hydrogen-bond acceptors (Lipinski definition) is 3. The lowest BCUT2D eigenvalue weighted by Gasteiger charge is -2.06. The van der Waals surface area contributed by atoms with Crippen LogP contribution >= 0.6 is 23.2 Å². The molecule has 31 heavy (non-hydrogen) atoms. The van der Waals surface area contributed by atoms with Crippen LogP contribution in [0.2, 0.25) is 0 Å². The van der Waals surface area contributed by atoms with E-state index < -0.39 is 0 Å². The Bertz CT molecular complexity index is 1090. The van der Waals surface area contributed by atoms with Gasteiger partial charge in [-0.05, 0) is 48.5 Å². The predicted octanol–water partition coefficient (Wildman–Crippen LogP) is 8.11. The number of halogens is 2. The summed E-state index contributed by atoms with van der Waals surface area (Å²) in [6, 6.07) is 34.1. The molecule has 152 valence electrons. The number of aliphatic imine (C=N–C) groups is 2. The van der Waals surface area contributed by atoms with E-state index in [9.17, 15) is 0 Å². The molecule has 0 aliphatic heterocycles. The van der Waals surface area contributed by atoms with E-state index in [0.29, 0.717) is 21.8 Å². The molecule has 0 aliphatic rings. The minimum Gasteiger partial charge on any atom is -0.457 e. The quantitative estimate of drug-likeness (QED) is 0.276. The van der Waals surface area contributed by atoms with Crippen LogP contribution in [0.1, 0.15) is 11.1 Å². The Morgan fingerprint density at radius 3 is 1.19 bits per heavy atom. The van der Waals surface area contributed by atoms with E-state index in [1.54, 1.807) is 0 Å². The molecule has 4 aromatic carbocycles. The van der Waals surface area contributed by atoms with E-state index in [4.69, 9.17) is 27.9 Å². The lowest BCUT2D eigenvalue weighted by Crippen LogP contribution is -1.89. The normalized spacial score (nSPS) is 11.9. The Hall–Kier alpha value is -3.40. The third-order valence-electron chi connectivity index (χ3n) is 4.39. The first-order chi connectivity index (χ1) is 15.2. The summed E-state index contributed by atoms with van der Waals surface area (Å²) >= 11 is 12.6. The van der Waals surface area contributed by atoms with Crippen LogP contribution in [0.3, 0.4) is 0 Å². The zero-order chi connectivity index (χ0) is 21.5. The summed E-state index contributed by atoms with van der Waals surface area (Å²) in [5, 5.41) is 0.888. The third-order valence-corrected chi connectivity index (χ3v) is 4.99. The first-order valence-electron chi connectivity index (χ1n) is 9.64. The highest BCUT2D eigenvalue weighted by Crippen LogP contribution is 2.27. The molecule has 0 amide bonds. The fraction of sp³-hybridized carbons (Fsp3) is 0. The molecule has 5 heteroatoms. The van der Waals surface area contributed by atoms with Gasteiger partial charge in [0.25, 0.3) is 0 Å². The average Bonchev–Trinajstić information content (AvgIpc) is 2.82. The van der Waals surface area contributed by atoms with E-state index >= 15 is 0 Å². The number of ether oxygens (including phenoxy) is 1. The van der Waals surface area contributed by atoms with Gasteiger partial charge in [0.15, 0.2) is 0 Å². The fourth-order valence-electron chi connectivity index (χ4n) is 2.82. The van der Waals surface area contributed by atoms with Crippen LogP contribution in [-0.2, 0) is 0 Å². The highest BCUT2D eigenvalue weighted by atomic mass is 35.5. The second-order valence-corrected chi connectivity index (χ2v) is 7.34. The van der Waals surface area contributed by atoms with Gasteiger partial charge in [-0.1, -0.05) is 83.9 Å². The Morgan fingerprint density at radius 1 is 0.484 bits per heavy atom. The van der Waals surface area contributed by atoms with Gasteiger partial charge in [0.2, 0.25) is 0 Å². The van der Waals surface area contributed by atoms with Crippen molar-refractivity contribution in [2.24, 2.45) is 9.98 Å². The Morgan fingerprint density at radius 2 is 0.839 bits per heavy atom. The molecule has 0 N–H and O–H groups in total. The Balaban J connectivity index is 1.42. The molecule has 3 nitrogen and oxygen atoms in total. The van der Waals surface area contributed by atoms with Gasteiger partial charge in [0.05, 0.1) is 11.4 Å². The molecule has 0 saturated heterocycles. The molecule has 0 radical (unpaired) electrons. The molecule has 0 heterocycles. The van der Waals surface area contributed by atoms with Crippen molar-refractivity contribution in [3.63, 3.8) is 0 Å². The van der Waals surface area contributed by atoms with Gasteiger partial charge in [-0.3, -0.25) is 0 Å². The highest BCUT2D eigenvalue weighted by molar-refractivity contribution is 6.70. The van der Waals surface area contributed by atoms with Crippen LogP contribution in [0.5, 0.6) is 11.5 Å². The molecular weight excluding hydrogens is 427 g/mol. The predicted molar refractivity (Wildman–Crippen MR) is 130 cm³/mol. The molecule has 0 unspecified atom stereocenters. The number of nitrogens with zero attached hydrogens (tertiary/aromatic N) is 2. The first kappa shape index (κ1) is 20.9. The summed E-state index contributed by atoms with van der Waals surface area (Å²) in [6.45, 7) is 0. The van der Waals surface area contributed by atoms with Crippen molar-refractivity contribution in [1.29, 1.82) is 0 Å². The second-order valence-electron chi connectivity index (χ2n) is 6.63. The van der Waals surface area contributed by atoms with E-state index in [0.717, 1.165) is 22.5 Å². The van der Waals surface area contributed by atoms with Gasteiger partial charge in [-0.25, -0.2) is 9.98 Å². The summed E-state index contributed by atoms with van der Waals surface area (Å²) < 4.78 is 5.90. The zero-order valence-electron chi connectivity index (χ0n) is 16.5. The van der Waals surface area contributed by atoms with Crippen LogP contribution in [0.4, 0.5) is 11.4 Å². The van der Waals surface area contributed by atoms with Crippen molar-refractivity contribution in [2.45, 2.75) is 0 Å². The van der Waals surface area contributed by atoms with Crippen molar-refractivity contribution in [3.05, 3.63) is 120 Å². The van der Waals surface area contributed by atoms with Gasteiger partial charge in [0, 0.05) is 11.1 Å². The topological polar surface area (TPSA) is 34.0 Å². The van der Waals surface area contributed by atoms with Crippen LogP contribution in [0.25, 0.3) is 0 Å². The van der Waals surface area contributed by atoms with Crippen LogP contribution in [-0.4, -0.2) is 10.3 Å². The van der Waals surface area contributed by atoms with Crippen LogP contribution in [0.15, 0.2) is 119 Å². The summed E-state index contributed by atoms with van der Waals surface area (Å²) in [5.74, 6) is 1.40. The van der Waals surface area contributed by atoms with Crippen molar-refractivity contribution < 1.29 is 4.74 Å². The largest absolute Gasteiger partial charge is 0.457 e. The molecule has 0 aliphatic carbocycles. The average molecular weight is 445 g/mol. The van der Waals surface area contributed by atoms with Crippen molar-refractivity contribution in [3.8, 4) is 11.5 Å². The fourth-order valence-corrected chi connectivity index (χ4v) is 3.27. The second kappa shape index (κ2) is 10.1. The van der Waals surface area contributed by atoms with E-state index in [1.807, 2.05) is 109 Å². The maximum atomic E-state index is 6.30. The van der Waals surface area contributed by atoms with Gasteiger partial charge in [-0.2, -0.15) is 0 Å². The first-order valence-corrected chi connectivity index (χ1v) is 10.4. The molecule has 4 rings (SSSR count). The maximum absolute atomic E-state index is 6.30. The smallest absolute Gasteiger partial charge is 0.136 e. The Labute approximate surface area is 191 Å². The molecule has 0 aromatic heterocycles. The Kier molecular flexibility index (Phi) is 6.78. The SMILES string of the molecule is ClC(=Nc1ccc(Oc2ccc(N=C(Cl)c3ccccc3)cc2)cc1)c1ccccc1. The standard InChI is InChI=1S/C26H18Cl2N2O/c27-25(19-7-3-1-4-8-19)29-21-11-15-23(16-12-21)31-24-17-13-22(14-18-24)30-26(28)20-9-5-2-6-10-20/h1-18H. The maximum Gasteiger partial charge on any atom is 0.136 e. The molecule has 0 spiro atoms. The number of hydrogen-bond donors (Lipinski definition) is 0. The molecule has 0 saturated carbocycles. The third kappa shape index (κ3) is 5.82. The lowest BCUT2D eigenvalue weighted by atomic mass is 10.2.